The van der Waals surface area contributed by atoms with E-state index in [9.17, 15) is 4.39 Å². The van der Waals surface area contributed by atoms with E-state index in [1.54, 1.807) is 6.07 Å². The molecule has 2 rings (SSSR count). The number of nitrogens with zero attached hydrogens (tertiary/aromatic N) is 1. The van der Waals surface area contributed by atoms with Gasteiger partial charge in [-0.3, -0.25) is 4.90 Å². The van der Waals surface area contributed by atoms with Crippen LogP contribution in [0, 0.1) is 5.82 Å². The molecule has 0 spiro atoms. The molecule has 0 aliphatic carbocycles. The van der Waals surface area contributed by atoms with Crippen LogP contribution in [0.25, 0.3) is 0 Å². The van der Waals surface area contributed by atoms with Gasteiger partial charge >= 0.3 is 0 Å². The number of methoxy groups -OCH3 is 1. The van der Waals surface area contributed by atoms with Crippen molar-refractivity contribution in [3.63, 3.8) is 0 Å². The predicted octanol–water partition coefficient (Wildman–Crippen LogP) is 2.82. The van der Waals surface area contributed by atoms with E-state index >= 15 is 0 Å². The molecule has 1 heterocycles. The Morgan fingerprint density at radius 2 is 2.32 bits per heavy atom. The van der Waals surface area contributed by atoms with Gasteiger partial charge in [0.05, 0.1) is 19.8 Å². The Morgan fingerprint density at radius 3 is 3.00 bits per heavy atom. The highest BCUT2D eigenvalue weighted by Crippen LogP contribution is 2.23. The van der Waals surface area contributed by atoms with E-state index in [-0.39, 0.29) is 11.9 Å². The van der Waals surface area contributed by atoms with E-state index in [0.29, 0.717) is 30.5 Å². The summed E-state index contributed by atoms with van der Waals surface area (Å²) in [5, 5.41) is 0.802. The molecule has 1 aliphatic heterocycles. The highest BCUT2D eigenvalue weighted by molar-refractivity contribution is 9.09. The number of rotatable bonds is 4. The number of benzene rings is 1. The molecule has 0 saturated carbocycles. The van der Waals surface area contributed by atoms with E-state index in [4.69, 9.17) is 9.47 Å². The predicted molar refractivity (Wildman–Crippen MR) is 76.4 cm³/mol. The van der Waals surface area contributed by atoms with Gasteiger partial charge in [-0.25, -0.2) is 4.39 Å². The first-order valence-electron chi connectivity index (χ1n) is 6.38. The van der Waals surface area contributed by atoms with Gasteiger partial charge < -0.3 is 9.47 Å². The van der Waals surface area contributed by atoms with Gasteiger partial charge in [-0.05, 0) is 13.0 Å². The van der Waals surface area contributed by atoms with Crippen molar-refractivity contribution in [1.29, 1.82) is 0 Å². The van der Waals surface area contributed by atoms with Gasteiger partial charge in [0.25, 0.3) is 0 Å². The van der Waals surface area contributed by atoms with Crippen LogP contribution in [0.1, 0.15) is 12.5 Å². The third-order valence-electron chi connectivity index (χ3n) is 3.44. The molecule has 5 heteroatoms. The lowest BCUT2D eigenvalue weighted by molar-refractivity contribution is -0.0503. The SMILES string of the molecule is COc1cccc(CN2CC(CBr)OCC2C)c1F. The molecular weight excluding hydrogens is 313 g/mol. The molecule has 0 N–H and O–H groups in total. The zero-order valence-electron chi connectivity index (χ0n) is 11.2. The number of alkyl halides is 1. The molecule has 1 aromatic carbocycles. The molecule has 0 amide bonds. The van der Waals surface area contributed by atoms with E-state index < -0.39 is 0 Å². The second kappa shape index (κ2) is 6.68. The summed E-state index contributed by atoms with van der Waals surface area (Å²) in [5.74, 6) is 0.0366. The molecule has 2 atom stereocenters. The molecule has 0 radical (unpaired) electrons. The minimum absolute atomic E-state index is 0.171. The molecule has 1 aromatic rings. The number of hydrogen-bond acceptors (Lipinski definition) is 3. The lowest BCUT2D eigenvalue weighted by atomic mass is 10.1. The number of ether oxygens (including phenoxy) is 2. The fourth-order valence-corrected chi connectivity index (χ4v) is 2.64. The Balaban J connectivity index is 2.11. The molecular formula is C14H19BrFNO2. The van der Waals surface area contributed by atoms with Crippen LogP contribution in [0.15, 0.2) is 18.2 Å². The van der Waals surface area contributed by atoms with Crippen molar-refractivity contribution in [2.45, 2.75) is 25.6 Å². The van der Waals surface area contributed by atoms with Crippen molar-refractivity contribution in [1.82, 2.24) is 4.90 Å². The lowest BCUT2D eigenvalue weighted by Crippen LogP contribution is -2.48. The molecule has 19 heavy (non-hydrogen) atoms. The topological polar surface area (TPSA) is 21.7 Å². The van der Waals surface area contributed by atoms with Gasteiger partial charge in [0.2, 0.25) is 0 Å². The minimum atomic E-state index is -0.265. The second-order valence-corrected chi connectivity index (χ2v) is 5.47. The van der Waals surface area contributed by atoms with Crippen LogP contribution in [-0.2, 0) is 11.3 Å². The monoisotopic (exact) mass is 331 g/mol. The van der Waals surface area contributed by atoms with Gasteiger partial charge in [0.15, 0.2) is 11.6 Å². The summed E-state index contributed by atoms with van der Waals surface area (Å²) in [6.45, 7) is 4.17. The van der Waals surface area contributed by atoms with Crippen molar-refractivity contribution in [2.75, 3.05) is 25.6 Å². The van der Waals surface area contributed by atoms with Crippen molar-refractivity contribution in [3.8, 4) is 5.75 Å². The van der Waals surface area contributed by atoms with E-state index in [1.807, 2.05) is 12.1 Å². The number of halogens is 2. The highest BCUT2D eigenvalue weighted by Gasteiger charge is 2.26. The van der Waals surface area contributed by atoms with E-state index in [2.05, 4.69) is 27.8 Å². The third-order valence-corrected chi connectivity index (χ3v) is 4.17. The zero-order chi connectivity index (χ0) is 13.8. The van der Waals surface area contributed by atoms with Crippen LogP contribution in [0.3, 0.4) is 0 Å². The normalized spacial score (nSPS) is 24.4. The summed E-state index contributed by atoms with van der Waals surface area (Å²) in [6.07, 6.45) is 0.171. The van der Waals surface area contributed by atoms with Crippen LogP contribution in [-0.4, -0.2) is 42.6 Å². The molecule has 1 saturated heterocycles. The standard InChI is InChI=1S/C14H19BrFNO2/c1-10-9-19-12(6-15)8-17(10)7-11-4-3-5-13(18-2)14(11)16/h3-5,10,12H,6-9H2,1-2H3. The molecule has 0 aromatic heterocycles. The first-order valence-corrected chi connectivity index (χ1v) is 7.50. The highest BCUT2D eigenvalue weighted by atomic mass is 79.9. The first kappa shape index (κ1) is 14.8. The first-order chi connectivity index (χ1) is 9.15. The number of hydrogen-bond donors (Lipinski definition) is 0. The maximum atomic E-state index is 14.1. The maximum Gasteiger partial charge on any atom is 0.169 e. The van der Waals surface area contributed by atoms with Crippen LogP contribution in [0.2, 0.25) is 0 Å². The summed E-state index contributed by atoms with van der Waals surface area (Å²) in [4.78, 5) is 2.24. The van der Waals surface area contributed by atoms with Crippen LogP contribution < -0.4 is 4.74 Å². The Labute approximate surface area is 121 Å². The van der Waals surface area contributed by atoms with Crippen molar-refractivity contribution < 1.29 is 13.9 Å². The third kappa shape index (κ3) is 3.46. The molecule has 1 fully saturated rings. The van der Waals surface area contributed by atoms with Crippen molar-refractivity contribution in [3.05, 3.63) is 29.6 Å². The quantitative estimate of drug-likeness (QED) is 0.792. The Bertz CT molecular complexity index is 430. The van der Waals surface area contributed by atoms with Crippen LogP contribution >= 0.6 is 15.9 Å². The van der Waals surface area contributed by atoms with Gasteiger partial charge in [0, 0.05) is 30.0 Å². The summed E-state index contributed by atoms with van der Waals surface area (Å²) >= 11 is 3.44. The van der Waals surface area contributed by atoms with Gasteiger partial charge in [-0.15, -0.1) is 0 Å². The summed E-state index contributed by atoms with van der Waals surface area (Å²) in [5.41, 5.74) is 0.668. The Hall–Kier alpha value is -0.650. The minimum Gasteiger partial charge on any atom is -0.494 e. The van der Waals surface area contributed by atoms with Crippen LogP contribution in [0.4, 0.5) is 4.39 Å². The number of morpholine rings is 1. The van der Waals surface area contributed by atoms with Crippen molar-refractivity contribution >= 4 is 15.9 Å². The summed E-state index contributed by atoms with van der Waals surface area (Å²) < 4.78 is 24.8. The summed E-state index contributed by atoms with van der Waals surface area (Å²) in [6, 6.07) is 5.57. The maximum absolute atomic E-state index is 14.1. The van der Waals surface area contributed by atoms with Crippen molar-refractivity contribution in [2.24, 2.45) is 0 Å². The fraction of sp³-hybridized carbons (Fsp3) is 0.571. The van der Waals surface area contributed by atoms with Gasteiger partial charge in [-0.1, -0.05) is 28.1 Å². The largest absolute Gasteiger partial charge is 0.494 e. The smallest absolute Gasteiger partial charge is 0.169 e. The second-order valence-electron chi connectivity index (χ2n) is 4.82. The van der Waals surface area contributed by atoms with Gasteiger partial charge in [0.1, 0.15) is 0 Å². The fourth-order valence-electron chi connectivity index (χ4n) is 2.24. The van der Waals surface area contributed by atoms with E-state index in [0.717, 1.165) is 11.9 Å². The van der Waals surface area contributed by atoms with Gasteiger partial charge in [-0.2, -0.15) is 0 Å². The molecule has 3 nitrogen and oxygen atoms in total. The summed E-state index contributed by atoms with van der Waals surface area (Å²) in [7, 11) is 1.49. The Kier molecular flexibility index (Phi) is 5.19. The lowest BCUT2D eigenvalue weighted by Gasteiger charge is -2.37. The average Bonchev–Trinajstić information content (AvgIpc) is 2.43. The molecule has 1 aliphatic rings. The molecule has 106 valence electrons. The average molecular weight is 332 g/mol. The molecule has 2 unspecified atom stereocenters. The van der Waals surface area contributed by atoms with Crippen LogP contribution in [0.5, 0.6) is 5.75 Å². The van der Waals surface area contributed by atoms with E-state index in [1.165, 1.54) is 7.11 Å². The molecule has 0 bridgehead atoms. The Morgan fingerprint density at radius 1 is 1.53 bits per heavy atom. The zero-order valence-corrected chi connectivity index (χ0v) is 12.8.